The molecule has 0 aliphatic carbocycles. The first-order chi connectivity index (χ1) is 8.94. The fourth-order valence-electron chi connectivity index (χ4n) is 1.56. The number of imidazole rings is 1. The Morgan fingerprint density at radius 3 is 2.74 bits per heavy atom. The first-order valence-corrected chi connectivity index (χ1v) is 8.46. The summed E-state index contributed by atoms with van der Waals surface area (Å²) >= 11 is 12.7. The molecule has 2 aromatic rings. The maximum atomic E-state index is 12.2. The molecular weight excluding hydrogens is 329 g/mol. The summed E-state index contributed by atoms with van der Waals surface area (Å²) in [6.07, 6.45) is 3.77. The number of nitrogens with zero attached hydrogens (tertiary/aromatic N) is 1. The predicted octanol–water partition coefficient (Wildman–Crippen LogP) is 3.21. The summed E-state index contributed by atoms with van der Waals surface area (Å²) in [7, 11) is -3.72. The number of hydrogen-bond donors (Lipinski definition) is 2. The molecule has 2 N–H and O–H groups in total. The van der Waals surface area contributed by atoms with Gasteiger partial charge in [-0.1, -0.05) is 30.1 Å². The molecule has 0 aliphatic rings. The second kappa shape index (κ2) is 5.80. The van der Waals surface area contributed by atoms with E-state index >= 15 is 0 Å². The molecule has 0 spiro atoms. The van der Waals surface area contributed by atoms with Crippen molar-refractivity contribution in [2.75, 3.05) is 0 Å². The van der Waals surface area contributed by atoms with Crippen LogP contribution < -0.4 is 4.72 Å². The molecule has 9 heteroatoms. The van der Waals surface area contributed by atoms with E-state index in [1.54, 1.807) is 12.4 Å². The zero-order chi connectivity index (χ0) is 14.0. The van der Waals surface area contributed by atoms with Gasteiger partial charge in [0, 0.05) is 12.4 Å². The summed E-state index contributed by atoms with van der Waals surface area (Å²) in [5.41, 5.74) is 0. The van der Waals surface area contributed by atoms with Gasteiger partial charge in [0.15, 0.2) is 0 Å². The van der Waals surface area contributed by atoms with Gasteiger partial charge in [-0.15, -0.1) is 11.3 Å². The Labute approximate surface area is 125 Å². The van der Waals surface area contributed by atoms with Crippen LogP contribution in [-0.4, -0.2) is 18.4 Å². The molecule has 2 aromatic heterocycles. The van der Waals surface area contributed by atoms with Crippen LogP contribution in [0.1, 0.15) is 25.2 Å². The van der Waals surface area contributed by atoms with Crippen LogP contribution in [0.5, 0.6) is 0 Å². The lowest BCUT2D eigenvalue weighted by Gasteiger charge is -2.14. The first-order valence-electron chi connectivity index (χ1n) is 5.40. The summed E-state index contributed by atoms with van der Waals surface area (Å²) in [4.78, 5) is 6.94. The van der Waals surface area contributed by atoms with Gasteiger partial charge < -0.3 is 4.98 Å². The number of H-pyrrole nitrogens is 1. The first kappa shape index (κ1) is 14.8. The number of rotatable bonds is 5. The van der Waals surface area contributed by atoms with Crippen molar-refractivity contribution in [1.82, 2.24) is 14.7 Å². The average molecular weight is 340 g/mol. The van der Waals surface area contributed by atoms with Crippen LogP contribution in [0, 0.1) is 0 Å². The maximum Gasteiger partial charge on any atom is 0.243 e. The van der Waals surface area contributed by atoms with Gasteiger partial charge in [0.25, 0.3) is 0 Å². The number of aromatic nitrogens is 2. The smallest absolute Gasteiger partial charge is 0.243 e. The molecule has 0 aromatic carbocycles. The lowest BCUT2D eigenvalue weighted by molar-refractivity contribution is 0.539. The predicted molar refractivity (Wildman–Crippen MR) is 76.3 cm³/mol. The molecule has 0 fully saturated rings. The molecule has 0 radical (unpaired) electrons. The molecule has 5 nitrogen and oxygen atoms in total. The highest BCUT2D eigenvalue weighted by Gasteiger charge is 2.25. The molecule has 2 heterocycles. The third-order valence-electron chi connectivity index (χ3n) is 2.47. The molecule has 0 amide bonds. The van der Waals surface area contributed by atoms with Gasteiger partial charge in [0.05, 0.1) is 10.4 Å². The molecular formula is C10H11Cl2N3O2S2. The van der Waals surface area contributed by atoms with Crippen molar-refractivity contribution in [3.05, 3.63) is 33.0 Å². The molecule has 104 valence electrons. The number of thiophene rings is 1. The van der Waals surface area contributed by atoms with E-state index in [1.165, 1.54) is 6.07 Å². The highest BCUT2D eigenvalue weighted by molar-refractivity contribution is 7.89. The summed E-state index contributed by atoms with van der Waals surface area (Å²) in [5, 5.41) is 0. The van der Waals surface area contributed by atoms with Crippen molar-refractivity contribution in [3.63, 3.8) is 0 Å². The number of halogens is 2. The third kappa shape index (κ3) is 3.29. The molecule has 1 unspecified atom stereocenters. The fraction of sp³-hybridized carbons (Fsp3) is 0.300. The quantitative estimate of drug-likeness (QED) is 0.878. The Balaban J connectivity index is 2.28. The van der Waals surface area contributed by atoms with Crippen LogP contribution in [0.25, 0.3) is 0 Å². The van der Waals surface area contributed by atoms with Gasteiger partial charge in [0.2, 0.25) is 10.0 Å². The normalized spacial score (nSPS) is 13.6. The summed E-state index contributed by atoms with van der Waals surface area (Å²) in [6, 6.07) is 0.904. The fourth-order valence-corrected chi connectivity index (χ4v) is 4.99. The number of hydrogen-bond acceptors (Lipinski definition) is 4. The monoisotopic (exact) mass is 339 g/mol. The molecule has 0 aliphatic heterocycles. The van der Waals surface area contributed by atoms with Gasteiger partial charge >= 0.3 is 0 Å². The summed E-state index contributed by atoms with van der Waals surface area (Å²) in [5.74, 6) is 0.559. The van der Waals surface area contributed by atoms with E-state index in [0.29, 0.717) is 16.6 Å². The standard InChI is InChI=1S/C10H11Cl2N3O2S2/c1-2-6(10-13-3-4-14-10)15-19(16,17)7-5-8(11)18-9(7)12/h3-6,15H,2H2,1H3,(H,13,14). The zero-order valence-corrected chi connectivity index (χ0v) is 13.0. The molecule has 0 bridgehead atoms. The molecule has 19 heavy (non-hydrogen) atoms. The number of nitrogens with one attached hydrogen (secondary N) is 2. The molecule has 1 atom stereocenters. The Morgan fingerprint density at radius 1 is 1.53 bits per heavy atom. The van der Waals surface area contributed by atoms with Crippen molar-refractivity contribution in [2.24, 2.45) is 0 Å². The lowest BCUT2D eigenvalue weighted by atomic mass is 10.2. The molecule has 0 saturated heterocycles. The Hall–Kier alpha value is -0.600. The summed E-state index contributed by atoms with van der Waals surface area (Å²) in [6.45, 7) is 1.86. The SMILES string of the molecule is CCC(NS(=O)(=O)c1cc(Cl)sc1Cl)c1ncc[nH]1. The van der Waals surface area contributed by atoms with Crippen molar-refractivity contribution in [1.29, 1.82) is 0 Å². The van der Waals surface area contributed by atoms with Gasteiger partial charge in [-0.25, -0.2) is 18.1 Å². The van der Waals surface area contributed by atoms with Gasteiger partial charge in [0.1, 0.15) is 15.1 Å². The van der Waals surface area contributed by atoms with Crippen LogP contribution in [0.3, 0.4) is 0 Å². The highest BCUT2D eigenvalue weighted by Crippen LogP contribution is 2.34. The van der Waals surface area contributed by atoms with E-state index in [-0.39, 0.29) is 9.23 Å². The molecule has 2 rings (SSSR count). The minimum absolute atomic E-state index is 0.00540. The van der Waals surface area contributed by atoms with Gasteiger partial charge in [-0.05, 0) is 12.5 Å². The van der Waals surface area contributed by atoms with Crippen molar-refractivity contribution >= 4 is 44.6 Å². The lowest BCUT2D eigenvalue weighted by Crippen LogP contribution is -2.29. The third-order valence-corrected chi connectivity index (χ3v) is 5.69. The second-order valence-corrected chi connectivity index (χ2v) is 7.71. The van der Waals surface area contributed by atoms with Crippen LogP contribution in [0.15, 0.2) is 23.4 Å². The van der Waals surface area contributed by atoms with E-state index < -0.39 is 16.1 Å². The van der Waals surface area contributed by atoms with Crippen LogP contribution >= 0.6 is 34.5 Å². The summed E-state index contributed by atoms with van der Waals surface area (Å²) < 4.78 is 27.5. The Kier molecular flexibility index (Phi) is 4.52. The van der Waals surface area contributed by atoms with Crippen molar-refractivity contribution in [2.45, 2.75) is 24.3 Å². The van der Waals surface area contributed by atoms with Crippen LogP contribution in [0.2, 0.25) is 8.67 Å². The van der Waals surface area contributed by atoms with Crippen LogP contribution in [-0.2, 0) is 10.0 Å². The van der Waals surface area contributed by atoms with E-state index in [1.807, 2.05) is 6.92 Å². The maximum absolute atomic E-state index is 12.2. The Morgan fingerprint density at radius 2 is 2.26 bits per heavy atom. The zero-order valence-electron chi connectivity index (χ0n) is 9.85. The van der Waals surface area contributed by atoms with Crippen molar-refractivity contribution < 1.29 is 8.42 Å². The minimum Gasteiger partial charge on any atom is -0.347 e. The highest BCUT2D eigenvalue weighted by atomic mass is 35.5. The average Bonchev–Trinajstić information content (AvgIpc) is 2.96. The largest absolute Gasteiger partial charge is 0.347 e. The van der Waals surface area contributed by atoms with Crippen molar-refractivity contribution in [3.8, 4) is 0 Å². The second-order valence-electron chi connectivity index (χ2n) is 3.75. The van der Waals surface area contributed by atoms with E-state index in [2.05, 4.69) is 14.7 Å². The topological polar surface area (TPSA) is 74.8 Å². The number of sulfonamides is 1. The number of aromatic amines is 1. The van der Waals surface area contributed by atoms with E-state index in [0.717, 1.165) is 11.3 Å². The molecule has 0 saturated carbocycles. The van der Waals surface area contributed by atoms with Crippen LogP contribution in [0.4, 0.5) is 0 Å². The minimum atomic E-state index is -3.72. The Bertz CT molecular complexity index is 652. The van der Waals surface area contributed by atoms with Gasteiger partial charge in [-0.3, -0.25) is 0 Å². The van der Waals surface area contributed by atoms with E-state index in [9.17, 15) is 8.42 Å². The van der Waals surface area contributed by atoms with E-state index in [4.69, 9.17) is 23.2 Å². The van der Waals surface area contributed by atoms with Gasteiger partial charge in [-0.2, -0.15) is 0 Å².